The second-order valence-electron chi connectivity index (χ2n) is 5.56. The van der Waals surface area contributed by atoms with Crippen LogP contribution in [0, 0.1) is 0 Å². The Balaban J connectivity index is 1.98. The molecule has 3 rings (SSSR count). The third-order valence-corrected chi connectivity index (χ3v) is 5.48. The molecule has 26 heavy (non-hydrogen) atoms. The first kappa shape index (κ1) is 18.5. The lowest BCUT2D eigenvalue weighted by molar-refractivity contribution is -0.113. The molecule has 134 valence electrons. The maximum Gasteiger partial charge on any atom is 0.272 e. The Kier molecular flexibility index (Phi) is 6.30. The fourth-order valence-electron chi connectivity index (χ4n) is 2.52. The number of thioether (sulfide) groups is 1. The van der Waals surface area contributed by atoms with Gasteiger partial charge in [0.2, 0.25) is 0 Å². The predicted molar refractivity (Wildman–Crippen MR) is 111 cm³/mol. The molecule has 0 saturated carbocycles. The van der Waals surface area contributed by atoms with E-state index < -0.39 is 0 Å². The molecule has 0 aliphatic carbocycles. The van der Waals surface area contributed by atoms with E-state index in [0.29, 0.717) is 4.80 Å². The lowest BCUT2D eigenvalue weighted by Gasteiger charge is -2.05. The van der Waals surface area contributed by atoms with Crippen LogP contribution in [-0.2, 0) is 11.3 Å². The molecular weight excluding hydrogens is 364 g/mol. The predicted octanol–water partition coefficient (Wildman–Crippen LogP) is 4.22. The molecular formula is C20H20N2O2S2. The summed E-state index contributed by atoms with van der Waals surface area (Å²) in [4.78, 5) is 17.4. The molecule has 1 amide bonds. The number of aryl methyl sites for hydroxylation is 1. The van der Waals surface area contributed by atoms with Crippen LogP contribution in [-0.4, -0.2) is 29.6 Å². The highest BCUT2D eigenvalue weighted by Crippen LogP contribution is 2.23. The Bertz CT molecular complexity index is 988. The average Bonchev–Trinajstić information content (AvgIpc) is 3.01. The molecule has 0 fully saturated rings. The van der Waals surface area contributed by atoms with Gasteiger partial charge < -0.3 is 9.30 Å². The van der Waals surface area contributed by atoms with E-state index in [4.69, 9.17) is 4.74 Å². The van der Waals surface area contributed by atoms with Crippen LogP contribution >= 0.6 is 23.1 Å². The summed E-state index contributed by atoms with van der Waals surface area (Å²) < 4.78 is 8.52. The molecule has 0 unspecified atom stereocenters. The first-order chi connectivity index (χ1) is 12.7. The van der Waals surface area contributed by atoms with E-state index in [-0.39, 0.29) is 5.91 Å². The molecule has 0 aliphatic heterocycles. The largest absolute Gasteiger partial charge is 0.497 e. The molecule has 3 aromatic rings. The van der Waals surface area contributed by atoms with Gasteiger partial charge in [-0.3, -0.25) is 4.79 Å². The van der Waals surface area contributed by atoms with Crippen LogP contribution in [0.5, 0.6) is 5.75 Å². The van der Waals surface area contributed by atoms with E-state index in [1.165, 1.54) is 17.4 Å². The number of hydrogen-bond donors (Lipinski definition) is 0. The Morgan fingerprint density at radius 1 is 1.27 bits per heavy atom. The molecule has 0 bridgehead atoms. The number of amides is 1. The minimum absolute atomic E-state index is 0.259. The SMILES string of the molecule is COc1ccc2sc(=NC(=O)/C=C/c3ccccc3)n(CCSC)c2c1. The van der Waals surface area contributed by atoms with E-state index in [2.05, 4.69) is 15.8 Å². The van der Waals surface area contributed by atoms with Gasteiger partial charge in [-0.25, -0.2) is 0 Å². The van der Waals surface area contributed by atoms with Crippen LogP contribution in [0.2, 0.25) is 0 Å². The van der Waals surface area contributed by atoms with Crippen molar-refractivity contribution in [1.29, 1.82) is 0 Å². The second kappa shape index (κ2) is 8.87. The number of carbonyl (C=O) groups is 1. The van der Waals surface area contributed by atoms with Crippen molar-refractivity contribution in [1.82, 2.24) is 4.57 Å². The topological polar surface area (TPSA) is 43.6 Å². The summed E-state index contributed by atoms with van der Waals surface area (Å²) in [7, 11) is 1.66. The van der Waals surface area contributed by atoms with Gasteiger partial charge in [-0.2, -0.15) is 16.8 Å². The molecule has 1 heterocycles. The fourth-order valence-corrected chi connectivity index (χ4v) is 3.93. The Hall–Kier alpha value is -2.31. The highest BCUT2D eigenvalue weighted by atomic mass is 32.2. The highest BCUT2D eigenvalue weighted by molar-refractivity contribution is 7.98. The van der Waals surface area contributed by atoms with Crippen LogP contribution in [0.15, 0.2) is 59.6 Å². The van der Waals surface area contributed by atoms with E-state index in [0.717, 1.165) is 33.8 Å². The van der Waals surface area contributed by atoms with Gasteiger partial charge in [0.15, 0.2) is 4.80 Å². The smallest absolute Gasteiger partial charge is 0.272 e. The minimum Gasteiger partial charge on any atom is -0.497 e. The van der Waals surface area contributed by atoms with Crippen LogP contribution in [0.3, 0.4) is 0 Å². The number of ether oxygens (including phenoxy) is 1. The molecule has 0 radical (unpaired) electrons. The van der Waals surface area contributed by atoms with Crippen molar-refractivity contribution in [2.75, 3.05) is 19.1 Å². The monoisotopic (exact) mass is 384 g/mol. The number of methoxy groups -OCH3 is 1. The van der Waals surface area contributed by atoms with Gasteiger partial charge in [0.05, 0.1) is 17.3 Å². The van der Waals surface area contributed by atoms with Crippen molar-refractivity contribution in [3.63, 3.8) is 0 Å². The first-order valence-corrected chi connectivity index (χ1v) is 10.4. The molecule has 0 N–H and O–H groups in total. The number of rotatable bonds is 6. The van der Waals surface area contributed by atoms with Gasteiger partial charge >= 0.3 is 0 Å². The van der Waals surface area contributed by atoms with Crippen LogP contribution in [0.25, 0.3) is 16.3 Å². The Morgan fingerprint density at radius 2 is 2.08 bits per heavy atom. The van der Waals surface area contributed by atoms with E-state index in [1.807, 2.05) is 48.5 Å². The normalized spacial score (nSPS) is 12.2. The van der Waals surface area contributed by atoms with Crippen molar-refractivity contribution in [2.24, 2.45) is 4.99 Å². The Morgan fingerprint density at radius 3 is 2.81 bits per heavy atom. The van der Waals surface area contributed by atoms with Crippen molar-refractivity contribution >= 4 is 45.3 Å². The number of aromatic nitrogens is 1. The molecule has 1 aromatic heterocycles. The fraction of sp³-hybridized carbons (Fsp3) is 0.200. The number of benzene rings is 2. The molecule has 0 saturated heterocycles. The molecule has 0 spiro atoms. The van der Waals surface area contributed by atoms with Crippen molar-refractivity contribution < 1.29 is 9.53 Å². The summed E-state index contributed by atoms with van der Waals surface area (Å²) in [6.45, 7) is 0.794. The molecule has 0 atom stereocenters. The van der Waals surface area contributed by atoms with Crippen molar-refractivity contribution in [3.05, 3.63) is 65.0 Å². The standard InChI is InChI=1S/C20H20N2O2S2/c1-24-16-9-10-18-17(14-16)22(12-13-25-2)20(26-18)21-19(23)11-8-15-6-4-3-5-7-15/h3-11,14H,12-13H2,1-2H3/b11-8+,21-20?. The summed E-state index contributed by atoms with van der Waals surface area (Å²) in [6.07, 6.45) is 5.37. The minimum atomic E-state index is -0.259. The van der Waals surface area contributed by atoms with E-state index in [1.54, 1.807) is 24.9 Å². The zero-order valence-corrected chi connectivity index (χ0v) is 16.3. The molecule has 0 aliphatic rings. The highest BCUT2D eigenvalue weighted by Gasteiger charge is 2.08. The molecule has 4 nitrogen and oxygen atoms in total. The van der Waals surface area contributed by atoms with Gasteiger partial charge in [0.1, 0.15) is 5.75 Å². The third kappa shape index (κ3) is 4.45. The number of fused-ring (bicyclic) bond motifs is 1. The number of nitrogens with zero attached hydrogens (tertiary/aromatic N) is 2. The lowest BCUT2D eigenvalue weighted by Crippen LogP contribution is -2.17. The summed E-state index contributed by atoms with van der Waals surface area (Å²) >= 11 is 3.29. The Labute approximate surface area is 160 Å². The van der Waals surface area contributed by atoms with Gasteiger partial charge in [-0.15, -0.1) is 0 Å². The first-order valence-electron chi connectivity index (χ1n) is 8.19. The summed E-state index contributed by atoms with van der Waals surface area (Å²) in [6, 6.07) is 15.7. The van der Waals surface area contributed by atoms with E-state index >= 15 is 0 Å². The van der Waals surface area contributed by atoms with Crippen molar-refractivity contribution in [2.45, 2.75) is 6.54 Å². The molecule has 6 heteroatoms. The van der Waals surface area contributed by atoms with Gasteiger partial charge in [0, 0.05) is 24.4 Å². The van der Waals surface area contributed by atoms with Gasteiger partial charge in [0.25, 0.3) is 5.91 Å². The second-order valence-corrected chi connectivity index (χ2v) is 7.55. The van der Waals surface area contributed by atoms with Crippen LogP contribution in [0.4, 0.5) is 0 Å². The summed E-state index contributed by atoms with van der Waals surface area (Å²) in [5.74, 6) is 1.49. The van der Waals surface area contributed by atoms with Crippen LogP contribution in [0.1, 0.15) is 5.56 Å². The number of carbonyl (C=O) groups excluding carboxylic acids is 1. The quantitative estimate of drug-likeness (QED) is 0.598. The number of thiazole rings is 1. The maximum absolute atomic E-state index is 12.3. The maximum atomic E-state index is 12.3. The lowest BCUT2D eigenvalue weighted by atomic mass is 10.2. The molecule has 2 aromatic carbocycles. The number of hydrogen-bond acceptors (Lipinski definition) is 4. The van der Waals surface area contributed by atoms with Gasteiger partial charge in [-0.05, 0) is 30.0 Å². The average molecular weight is 385 g/mol. The van der Waals surface area contributed by atoms with E-state index in [9.17, 15) is 4.79 Å². The summed E-state index contributed by atoms with van der Waals surface area (Å²) in [5.41, 5.74) is 2.02. The summed E-state index contributed by atoms with van der Waals surface area (Å²) in [5, 5.41) is 0. The third-order valence-electron chi connectivity index (χ3n) is 3.83. The van der Waals surface area contributed by atoms with Crippen LogP contribution < -0.4 is 9.54 Å². The zero-order chi connectivity index (χ0) is 18.4. The zero-order valence-electron chi connectivity index (χ0n) is 14.7. The van der Waals surface area contributed by atoms with Crippen molar-refractivity contribution in [3.8, 4) is 5.75 Å². The van der Waals surface area contributed by atoms with Gasteiger partial charge in [-0.1, -0.05) is 41.7 Å².